The van der Waals surface area contributed by atoms with Crippen molar-refractivity contribution in [3.8, 4) is 5.75 Å². The van der Waals surface area contributed by atoms with Gasteiger partial charge in [-0.05, 0) is 36.8 Å². The molecular weight excluding hydrogens is 266 g/mol. The smallest absolute Gasteiger partial charge is 0.228 e. The van der Waals surface area contributed by atoms with E-state index in [4.69, 9.17) is 16.0 Å². The van der Waals surface area contributed by atoms with Crippen LogP contribution in [0.3, 0.4) is 0 Å². The van der Waals surface area contributed by atoms with Crippen molar-refractivity contribution in [2.75, 3.05) is 5.32 Å². The van der Waals surface area contributed by atoms with Gasteiger partial charge in [0.05, 0.1) is 12.0 Å². The third kappa shape index (κ3) is 2.44. The number of benzene rings is 1. The number of halogens is 1. The van der Waals surface area contributed by atoms with Gasteiger partial charge in [-0.25, -0.2) is 0 Å². The molecule has 2 N–H and O–H groups in total. The lowest BCUT2D eigenvalue weighted by Crippen LogP contribution is -2.14. The number of hydrogen-bond acceptors (Lipinski definition) is 3. The summed E-state index contributed by atoms with van der Waals surface area (Å²) in [5, 5.41) is 12.8. The Morgan fingerprint density at radius 1 is 1.42 bits per heavy atom. The number of phenols is 1. The minimum absolute atomic E-state index is 0.00736. The summed E-state index contributed by atoms with van der Waals surface area (Å²) in [6.07, 6.45) is 2.37. The molecule has 3 rings (SSSR count). The number of phenolic OH excluding ortho intramolecular Hbond substituents is 1. The molecule has 0 unspecified atom stereocenters. The zero-order valence-corrected chi connectivity index (χ0v) is 10.7. The van der Waals surface area contributed by atoms with Gasteiger partial charge in [0.15, 0.2) is 0 Å². The Morgan fingerprint density at radius 3 is 3.00 bits per heavy atom. The van der Waals surface area contributed by atoms with Crippen LogP contribution in [0.5, 0.6) is 5.75 Å². The number of carbonyl (C=O) groups is 1. The Labute approximate surface area is 115 Å². The molecule has 1 aromatic carbocycles. The maximum Gasteiger partial charge on any atom is 0.228 e. The number of rotatable bonds is 3. The molecule has 1 heterocycles. The lowest BCUT2D eigenvalue weighted by molar-refractivity contribution is -0.117. The second-order valence-electron chi connectivity index (χ2n) is 4.61. The van der Waals surface area contributed by atoms with E-state index >= 15 is 0 Å². The van der Waals surface area contributed by atoms with Crippen LogP contribution in [-0.4, -0.2) is 11.0 Å². The van der Waals surface area contributed by atoms with Crippen LogP contribution in [0.1, 0.15) is 18.1 Å². The van der Waals surface area contributed by atoms with E-state index in [-0.39, 0.29) is 23.5 Å². The van der Waals surface area contributed by atoms with E-state index in [1.807, 2.05) is 12.1 Å². The van der Waals surface area contributed by atoms with Gasteiger partial charge in [-0.2, -0.15) is 0 Å². The fourth-order valence-electron chi connectivity index (χ4n) is 2.14. The molecule has 1 fully saturated rings. The highest BCUT2D eigenvalue weighted by atomic mass is 35.5. The van der Waals surface area contributed by atoms with E-state index in [2.05, 4.69) is 5.32 Å². The fourth-order valence-corrected chi connectivity index (χ4v) is 2.31. The maximum atomic E-state index is 12.0. The minimum Gasteiger partial charge on any atom is -0.506 e. The summed E-state index contributed by atoms with van der Waals surface area (Å²) in [6, 6.07) is 8.23. The number of furan rings is 1. The molecule has 1 amide bonds. The average molecular weight is 278 g/mol. The van der Waals surface area contributed by atoms with Crippen molar-refractivity contribution >= 4 is 23.2 Å². The molecule has 0 aliphatic heterocycles. The largest absolute Gasteiger partial charge is 0.506 e. The van der Waals surface area contributed by atoms with Gasteiger partial charge >= 0.3 is 0 Å². The standard InChI is InChI=1S/C14H12ClNO3/c15-8-3-4-12(17)11(6-8)16-14(18)10-7-9(10)13-2-1-5-19-13/h1-6,9-10,17H,7H2,(H,16,18)/t9-,10+/m1/s1. The quantitative estimate of drug-likeness (QED) is 0.846. The van der Waals surface area contributed by atoms with Crippen molar-refractivity contribution < 1.29 is 14.3 Å². The summed E-state index contributed by atoms with van der Waals surface area (Å²) >= 11 is 5.83. The van der Waals surface area contributed by atoms with Gasteiger partial charge < -0.3 is 14.8 Å². The molecule has 4 nitrogen and oxygen atoms in total. The summed E-state index contributed by atoms with van der Waals surface area (Å²) in [7, 11) is 0. The second-order valence-corrected chi connectivity index (χ2v) is 5.05. The highest BCUT2D eigenvalue weighted by molar-refractivity contribution is 6.31. The molecule has 1 saturated carbocycles. The summed E-state index contributed by atoms with van der Waals surface area (Å²) in [5.74, 6) is 0.739. The Balaban J connectivity index is 1.68. The first-order chi connectivity index (χ1) is 9.15. The normalized spacial score (nSPS) is 21.1. The second kappa shape index (κ2) is 4.63. The van der Waals surface area contributed by atoms with E-state index < -0.39 is 0 Å². The molecule has 0 spiro atoms. The number of amides is 1. The Kier molecular flexibility index (Phi) is 2.95. The Morgan fingerprint density at radius 2 is 2.26 bits per heavy atom. The lowest BCUT2D eigenvalue weighted by atomic mass is 10.2. The van der Waals surface area contributed by atoms with Crippen molar-refractivity contribution in [3.05, 3.63) is 47.4 Å². The highest BCUT2D eigenvalue weighted by Gasteiger charge is 2.45. The van der Waals surface area contributed by atoms with Gasteiger partial charge in [0.25, 0.3) is 0 Å². The van der Waals surface area contributed by atoms with Crippen molar-refractivity contribution in [3.63, 3.8) is 0 Å². The van der Waals surface area contributed by atoms with E-state index in [9.17, 15) is 9.90 Å². The molecule has 0 bridgehead atoms. The van der Waals surface area contributed by atoms with Crippen LogP contribution in [0.4, 0.5) is 5.69 Å². The van der Waals surface area contributed by atoms with Crippen LogP contribution in [-0.2, 0) is 4.79 Å². The zero-order chi connectivity index (χ0) is 13.4. The summed E-state index contributed by atoms with van der Waals surface area (Å²) in [6.45, 7) is 0. The molecule has 2 aromatic rings. The average Bonchev–Trinajstić information content (AvgIpc) is 3.00. The van der Waals surface area contributed by atoms with Gasteiger partial charge in [0, 0.05) is 16.9 Å². The van der Waals surface area contributed by atoms with E-state index in [1.54, 1.807) is 12.3 Å². The molecular formula is C14H12ClNO3. The molecule has 2 atom stereocenters. The SMILES string of the molecule is O=C(Nc1cc(Cl)ccc1O)[C@H]1C[C@H]1c1ccco1. The van der Waals surface area contributed by atoms with Crippen LogP contribution in [0.15, 0.2) is 41.0 Å². The first kappa shape index (κ1) is 12.1. The summed E-state index contributed by atoms with van der Waals surface area (Å²) in [4.78, 5) is 12.0. The van der Waals surface area contributed by atoms with Crippen molar-refractivity contribution in [2.24, 2.45) is 5.92 Å². The third-order valence-electron chi connectivity index (χ3n) is 3.25. The maximum absolute atomic E-state index is 12.0. The van der Waals surface area contributed by atoms with Gasteiger partial charge in [0.1, 0.15) is 11.5 Å². The predicted octanol–water partition coefficient (Wildman–Crippen LogP) is 3.38. The van der Waals surface area contributed by atoms with Crippen LogP contribution in [0.2, 0.25) is 5.02 Å². The molecule has 0 radical (unpaired) electrons. The van der Waals surface area contributed by atoms with Gasteiger partial charge in [-0.1, -0.05) is 11.6 Å². The number of nitrogens with one attached hydrogen (secondary N) is 1. The molecule has 0 saturated heterocycles. The summed E-state index contributed by atoms with van der Waals surface area (Å²) < 4.78 is 5.28. The third-order valence-corrected chi connectivity index (χ3v) is 3.49. The van der Waals surface area contributed by atoms with Gasteiger partial charge in [0.2, 0.25) is 5.91 Å². The van der Waals surface area contributed by atoms with Crippen molar-refractivity contribution in [1.29, 1.82) is 0 Å². The van der Waals surface area contributed by atoms with Gasteiger partial charge in [-0.3, -0.25) is 4.79 Å². The minimum atomic E-state index is -0.126. The Bertz CT molecular complexity index is 609. The van der Waals surface area contributed by atoms with Crippen LogP contribution in [0.25, 0.3) is 0 Å². The van der Waals surface area contributed by atoms with Crippen LogP contribution < -0.4 is 5.32 Å². The summed E-state index contributed by atoms with van der Waals surface area (Å²) in [5.41, 5.74) is 0.336. The lowest BCUT2D eigenvalue weighted by Gasteiger charge is -2.07. The number of aromatic hydroxyl groups is 1. The van der Waals surface area contributed by atoms with Crippen LogP contribution >= 0.6 is 11.6 Å². The molecule has 1 aromatic heterocycles. The monoisotopic (exact) mass is 277 g/mol. The highest BCUT2D eigenvalue weighted by Crippen LogP contribution is 2.48. The molecule has 5 heteroatoms. The van der Waals surface area contributed by atoms with E-state index in [1.165, 1.54) is 12.1 Å². The van der Waals surface area contributed by atoms with Crippen LogP contribution in [0, 0.1) is 5.92 Å². The van der Waals surface area contributed by atoms with Crippen molar-refractivity contribution in [2.45, 2.75) is 12.3 Å². The Hall–Kier alpha value is -1.94. The van der Waals surface area contributed by atoms with E-state index in [0.717, 1.165) is 12.2 Å². The zero-order valence-electron chi connectivity index (χ0n) is 9.97. The molecule has 1 aliphatic rings. The first-order valence-corrected chi connectivity index (χ1v) is 6.36. The number of carbonyl (C=O) groups excluding carboxylic acids is 1. The molecule has 19 heavy (non-hydrogen) atoms. The number of hydrogen-bond donors (Lipinski definition) is 2. The van der Waals surface area contributed by atoms with Crippen molar-refractivity contribution in [1.82, 2.24) is 0 Å². The predicted molar refractivity (Wildman–Crippen MR) is 71.3 cm³/mol. The molecule has 1 aliphatic carbocycles. The first-order valence-electron chi connectivity index (χ1n) is 5.98. The van der Waals surface area contributed by atoms with Gasteiger partial charge in [-0.15, -0.1) is 0 Å². The fraction of sp³-hybridized carbons (Fsp3) is 0.214. The topological polar surface area (TPSA) is 62.5 Å². The number of anilines is 1. The molecule has 98 valence electrons. The van der Waals surface area contributed by atoms with E-state index in [0.29, 0.717) is 10.7 Å².